The maximum atomic E-state index is 13.2. The third kappa shape index (κ3) is 3.70. The molecule has 0 aliphatic carbocycles. The number of amides is 1. The van der Waals surface area contributed by atoms with E-state index < -0.39 is 0 Å². The van der Waals surface area contributed by atoms with Crippen molar-refractivity contribution >= 4 is 34.4 Å². The molecule has 4 aromatic rings. The van der Waals surface area contributed by atoms with Gasteiger partial charge in [-0.15, -0.1) is 0 Å². The first kappa shape index (κ1) is 20.8. The number of hydrogen-bond acceptors (Lipinski definition) is 3. The van der Waals surface area contributed by atoms with E-state index in [2.05, 4.69) is 28.7 Å². The highest BCUT2D eigenvalue weighted by Crippen LogP contribution is 2.37. The summed E-state index contributed by atoms with van der Waals surface area (Å²) in [4.78, 5) is 21.5. The van der Waals surface area contributed by atoms with Crippen LogP contribution >= 0.6 is 11.6 Å². The van der Waals surface area contributed by atoms with E-state index in [1.54, 1.807) is 12.1 Å². The van der Waals surface area contributed by atoms with E-state index >= 15 is 0 Å². The Morgan fingerprint density at radius 2 is 2.00 bits per heavy atom. The van der Waals surface area contributed by atoms with E-state index in [0.29, 0.717) is 22.9 Å². The molecule has 164 valence electrons. The summed E-state index contributed by atoms with van der Waals surface area (Å²) in [7, 11) is 0. The number of para-hydroxylation sites is 2. The molecule has 1 saturated heterocycles. The fourth-order valence-electron chi connectivity index (χ4n) is 4.39. The van der Waals surface area contributed by atoms with Gasteiger partial charge in [-0.2, -0.15) is 0 Å². The first-order chi connectivity index (χ1) is 15.5. The summed E-state index contributed by atoms with van der Waals surface area (Å²) in [5, 5.41) is 3.56. The van der Waals surface area contributed by atoms with E-state index in [9.17, 15) is 4.79 Å². The smallest absolute Gasteiger partial charge is 0.258 e. The minimum Gasteiger partial charge on any atom is -0.376 e. The second-order valence-electron chi connectivity index (χ2n) is 8.22. The van der Waals surface area contributed by atoms with Crippen LogP contribution in [0.4, 0.5) is 5.82 Å². The second kappa shape index (κ2) is 8.45. The van der Waals surface area contributed by atoms with Gasteiger partial charge in [-0.05, 0) is 56.5 Å². The standard InChI is InChI=1S/C25H25ClN4O2/c1-15-16(2)30(14-17-8-7-13-32-17)24(29-25(31)18-9-3-4-10-19(18)26)22(15)23-27-20-11-5-6-12-21(20)28-23/h3-6,9-12,17H,7-8,13-14H2,1-2H3,(H,27,28)(H,29,31)/t17-/m1/s1. The number of aromatic nitrogens is 3. The lowest BCUT2D eigenvalue weighted by atomic mass is 10.1. The third-order valence-corrected chi connectivity index (χ3v) is 6.55. The first-order valence-corrected chi connectivity index (χ1v) is 11.2. The summed E-state index contributed by atoms with van der Waals surface area (Å²) in [5.74, 6) is 1.19. The number of nitrogens with one attached hydrogen (secondary N) is 2. The first-order valence-electron chi connectivity index (χ1n) is 10.8. The largest absolute Gasteiger partial charge is 0.376 e. The molecule has 0 saturated carbocycles. The van der Waals surface area contributed by atoms with Crippen molar-refractivity contribution in [1.82, 2.24) is 14.5 Å². The Morgan fingerprint density at radius 1 is 1.22 bits per heavy atom. The lowest BCUT2D eigenvalue weighted by molar-refractivity contribution is 0.0962. The number of ether oxygens (including phenoxy) is 1. The molecule has 1 amide bonds. The van der Waals surface area contributed by atoms with Gasteiger partial charge in [0.25, 0.3) is 5.91 Å². The van der Waals surface area contributed by atoms with Crippen molar-refractivity contribution in [2.75, 3.05) is 11.9 Å². The molecule has 0 unspecified atom stereocenters. The number of anilines is 1. The van der Waals surface area contributed by atoms with E-state index in [4.69, 9.17) is 21.3 Å². The molecule has 6 nitrogen and oxygen atoms in total. The Morgan fingerprint density at radius 3 is 2.75 bits per heavy atom. The number of carbonyl (C=O) groups is 1. The Kier molecular flexibility index (Phi) is 5.49. The molecule has 2 aromatic heterocycles. The number of benzene rings is 2. The number of fused-ring (bicyclic) bond motifs is 1. The predicted octanol–water partition coefficient (Wildman–Crippen LogP) is 5.73. The van der Waals surface area contributed by atoms with Crippen molar-refractivity contribution in [3.05, 3.63) is 70.4 Å². The van der Waals surface area contributed by atoms with Gasteiger partial charge in [-0.3, -0.25) is 4.79 Å². The van der Waals surface area contributed by atoms with Crippen LogP contribution in [-0.2, 0) is 11.3 Å². The van der Waals surface area contributed by atoms with Crippen LogP contribution in [0.1, 0.15) is 34.5 Å². The van der Waals surface area contributed by atoms with Crippen molar-refractivity contribution in [2.45, 2.75) is 39.3 Å². The van der Waals surface area contributed by atoms with Gasteiger partial charge >= 0.3 is 0 Å². The van der Waals surface area contributed by atoms with Crippen LogP contribution in [0, 0.1) is 13.8 Å². The normalized spacial score (nSPS) is 16.0. The maximum absolute atomic E-state index is 13.2. The second-order valence-corrected chi connectivity index (χ2v) is 8.62. The average Bonchev–Trinajstić information content (AvgIpc) is 3.50. The number of carbonyl (C=O) groups excluding carboxylic acids is 1. The van der Waals surface area contributed by atoms with Gasteiger partial charge in [0.1, 0.15) is 11.6 Å². The number of rotatable bonds is 5. The fourth-order valence-corrected chi connectivity index (χ4v) is 4.62. The number of imidazole rings is 1. The number of aromatic amines is 1. The number of hydrogen-bond donors (Lipinski definition) is 2. The van der Waals surface area contributed by atoms with Crippen LogP contribution in [0.2, 0.25) is 5.02 Å². The Labute approximate surface area is 191 Å². The zero-order valence-corrected chi connectivity index (χ0v) is 18.9. The van der Waals surface area contributed by atoms with Crippen LogP contribution < -0.4 is 5.32 Å². The molecule has 0 spiro atoms. The van der Waals surface area contributed by atoms with Crippen LogP contribution in [0.25, 0.3) is 22.4 Å². The summed E-state index contributed by atoms with van der Waals surface area (Å²) in [6, 6.07) is 15.0. The van der Waals surface area contributed by atoms with E-state index in [1.165, 1.54) is 0 Å². The summed E-state index contributed by atoms with van der Waals surface area (Å²) < 4.78 is 8.04. The molecule has 1 atom stereocenters. The highest BCUT2D eigenvalue weighted by molar-refractivity contribution is 6.34. The summed E-state index contributed by atoms with van der Waals surface area (Å²) in [6.07, 6.45) is 2.19. The Bertz CT molecular complexity index is 1270. The lowest BCUT2D eigenvalue weighted by Crippen LogP contribution is -2.21. The van der Waals surface area contributed by atoms with Crippen LogP contribution in [0.5, 0.6) is 0 Å². The topological polar surface area (TPSA) is 71.9 Å². The molecule has 0 bridgehead atoms. The molecule has 1 aliphatic rings. The molecule has 2 N–H and O–H groups in total. The van der Waals surface area contributed by atoms with Gasteiger partial charge in [0, 0.05) is 12.3 Å². The highest BCUT2D eigenvalue weighted by atomic mass is 35.5. The molecule has 32 heavy (non-hydrogen) atoms. The quantitative estimate of drug-likeness (QED) is 0.409. The van der Waals surface area contributed by atoms with Crippen molar-refractivity contribution in [3.8, 4) is 11.4 Å². The van der Waals surface area contributed by atoms with Gasteiger partial charge in [-0.1, -0.05) is 35.9 Å². The van der Waals surface area contributed by atoms with Crippen LogP contribution in [0.3, 0.4) is 0 Å². The highest BCUT2D eigenvalue weighted by Gasteiger charge is 2.26. The third-order valence-electron chi connectivity index (χ3n) is 6.22. The number of H-pyrrole nitrogens is 1. The zero-order valence-electron chi connectivity index (χ0n) is 18.1. The lowest BCUT2D eigenvalue weighted by Gasteiger charge is -2.17. The van der Waals surface area contributed by atoms with Crippen molar-refractivity contribution in [2.24, 2.45) is 0 Å². The van der Waals surface area contributed by atoms with E-state index in [-0.39, 0.29) is 12.0 Å². The van der Waals surface area contributed by atoms with E-state index in [1.807, 2.05) is 36.4 Å². The molecule has 1 aliphatic heterocycles. The molecule has 3 heterocycles. The van der Waals surface area contributed by atoms with Gasteiger partial charge in [-0.25, -0.2) is 4.98 Å². The van der Waals surface area contributed by atoms with Gasteiger partial charge < -0.3 is 19.6 Å². The number of halogens is 1. The van der Waals surface area contributed by atoms with Gasteiger partial charge in [0.05, 0.1) is 39.8 Å². The predicted molar refractivity (Wildman–Crippen MR) is 127 cm³/mol. The molecule has 1 fully saturated rings. The van der Waals surface area contributed by atoms with Crippen molar-refractivity contribution < 1.29 is 9.53 Å². The molecular weight excluding hydrogens is 424 g/mol. The van der Waals surface area contributed by atoms with Gasteiger partial charge in [0.15, 0.2) is 0 Å². The Hall–Kier alpha value is -3.09. The molecule has 0 radical (unpaired) electrons. The number of nitrogens with zero attached hydrogens (tertiary/aromatic N) is 2. The van der Waals surface area contributed by atoms with Crippen LogP contribution in [0.15, 0.2) is 48.5 Å². The average molecular weight is 449 g/mol. The minimum atomic E-state index is -0.251. The fraction of sp³-hybridized carbons (Fsp3) is 0.280. The van der Waals surface area contributed by atoms with E-state index in [0.717, 1.165) is 53.1 Å². The van der Waals surface area contributed by atoms with Crippen molar-refractivity contribution in [3.63, 3.8) is 0 Å². The molecule has 7 heteroatoms. The minimum absolute atomic E-state index is 0.125. The van der Waals surface area contributed by atoms with Gasteiger partial charge in [0.2, 0.25) is 0 Å². The van der Waals surface area contributed by atoms with Crippen LogP contribution in [-0.4, -0.2) is 33.2 Å². The zero-order chi connectivity index (χ0) is 22.2. The Balaban J connectivity index is 1.63. The molecule has 2 aromatic carbocycles. The molecule has 5 rings (SSSR count). The summed E-state index contributed by atoms with van der Waals surface area (Å²) >= 11 is 6.30. The summed E-state index contributed by atoms with van der Waals surface area (Å²) in [5.41, 5.74) is 5.30. The monoisotopic (exact) mass is 448 g/mol. The summed E-state index contributed by atoms with van der Waals surface area (Å²) in [6.45, 7) is 5.59. The molecular formula is C25H25ClN4O2. The maximum Gasteiger partial charge on any atom is 0.258 e. The van der Waals surface area contributed by atoms with Crippen molar-refractivity contribution in [1.29, 1.82) is 0 Å². The SMILES string of the molecule is Cc1c(-c2nc3ccccc3[nH]2)c(NC(=O)c2ccccc2Cl)n(C[C@H]2CCCO2)c1C.